The third-order valence-electron chi connectivity index (χ3n) is 3.29. The van der Waals surface area contributed by atoms with Gasteiger partial charge in [0.05, 0.1) is 0 Å². The number of aryl methyl sites for hydroxylation is 1. The van der Waals surface area contributed by atoms with Crippen molar-refractivity contribution < 1.29 is 9.15 Å². The smallest absolute Gasteiger partial charge is 0.299 e. The van der Waals surface area contributed by atoms with Crippen molar-refractivity contribution in [2.45, 2.75) is 13.3 Å². The van der Waals surface area contributed by atoms with Crippen LogP contribution in [-0.2, 0) is 6.42 Å². The average molecular weight is 341 g/mol. The van der Waals surface area contributed by atoms with E-state index in [1.54, 1.807) is 12.1 Å². The van der Waals surface area contributed by atoms with Crippen molar-refractivity contribution in [3.8, 4) is 22.4 Å². The number of benzene rings is 1. The summed E-state index contributed by atoms with van der Waals surface area (Å²) in [4.78, 5) is 16.9. The van der Waals surface area contributed by atoms with Crippen molar-refractivity contribution in [2.24, 2.45) is 0 Å². The molecule has 8 nitrogen and oxygen atoms in total. The van der Waals surface area contributed by atoms with Crippen LogP contribution in [0.2, 0.25) is 0 Å². The quantitative estimate of drug-likeness (QED) is 0.563. The molecule has 3 heterocycles. The molecule has 0 radical (unpaired) electrons. The Balaban J connectivity index is 1.68. The first-order chi connectivity index (χ1) is 11.7. The zero-order valence-corrected chi connectivity index (χ0v) is 13.4. The Bertz CT molecular complexity index is 1050. The fourth-order valence-electron chi connectivity index (χ4n) is 2.15. The molecule has 0 aliphatic carbocycles. The molecule has 0 saturated carbocycles. The Labute approximate surface area is 139 Å². The Morgan fingerprint density at radius 1 is 1.33 bits per heavy atom. The normalized spacial score (nSPS) is 11.0. The Hall–Kier alpha value is -3.07. The van der Waals surface area contributed by atoms with Crippen LogP contribution in [0.1, 0.15) is 12.6 Å². The average Bonchev–Trinajstić information content (AvgIpc) is 3.24. The molecular formula is C15H11N5O3S. The van der Waals surface area contributed by atoms with Crippen molar-refractivity contribution >= 4 is 16.3 Å². The number of hydrogen-bond donors (Lipinski definition) is 0. The highest BCUT2D eigenvalue weighted by molar-refractivity contribution is 7.18. The number of nitrogens with zero attached hydrogens (tertiary/aromatic N) is 5. The monoisotopic (exact) mass is 341 g/mol. The number of ether oxygens (including phenoxy) is 1. The SMILES string of the molecule is CCc1cc(=O)n2nc(Oc3cccc(-c4nnco4)c3)sc2n1. The molecule has 0 N–H and O–H groups in total. The van der Waals surface area contributed by atoms with Crippen molar-refractivity contribution in [3.05, 3.63) is 52.8 Å². The van der Waals surface area contributed by atoms with Crippen LogP contribution in [0.3, 0.4) is 0 Å². The van der Waals surface area contributed by atoms with Crippen molar-refractivity contribution in [2.75, 3.05) is 0 Å². The standard InChI is InChI=1S/C15H11N5O3S/c1-2-10-7-12(21)20-14(17-10)24-15(19-20)23-11-5-3-4-9(6-11)13-18-16-8-22-13/h3-8H,2H2,1H3. The van der Waals surface area contributed by atoms with Crippen LogP contribution in [0.25, 0.3) is 16.4 Å². The van der Waals surface area contributed by atoms with Gasteiger partial charge < -0.3 is 9.15 Å². The summed E-state index contributed by atoms with van der Waals surface area (Å²) in [5, 5.41) is 12.0. The highest BCUT2D eigenvalue weighted by atomic mass is 32.1. The van der Waals surface area contributed by atoms with Gasteiger partial charge in [-0.15, -0.1) is 15.3 Å². The predicted octanol–water partition coefficient (Wildman–Crippen LogP) is 2.56. The summed E-state index contributed by atoms with van der Waals surface area (Å²) in [5.41, 5.74) is 1.24. The summed E-state index contributed by atoms with van der Waals surface area (Å²) >= 11 is 1.21. The minimum Gasteiger partial charge on any atom is -0.430 e. The zero-order valence-electron chi connectivity index (χ0n) is 12.5. The second kappa shape index (κ2) is 5.85. The van der Waals surface area contributed by atoms with Crippen LogP contribution in [-0.4, -0.2) is 24.8 Å². The number of rotatable bonds is 4. The summed E-state index contributed by atoms with van der Waals surface area (Å²) in [7, 11) is 0. The fraction of sp³-hybridized carbons (Fsp3) is 0.133. The first kappa shape index (κ1) is 14.5. The van der Waals surface area contributed by atoms with Crippen molar-refractivity contribution in [1.29, 1.82) is 0 Å². The van der Waals surface area contributed by atoms with Gasteiger partial charge in [-0.3, -0.25) is 4.79 Å². The summed E-state index contributed by atoms with van der Waals surface area (Å²) < 4.78 is 12.2. The van der Waals surface area contributed by atoms with E-state index in [9.17, 15) is 4.79 Å². The van der Waals surface area contributed by atoms with Gasteiger partial charge in [0.15, 0.2) is 0 Å². The lowest BCUT2D eigenvalue weighted by atomic mass is 10.2. The van der Waals surface area contributed by atoms with Crippen LogP contribution in [0.15, 0.2) is 45.9 Å². The van der Waals surface area contributed by atoms with Crippen molar-refractivity contribution in [1.82, 2.24) is 24.8 Å². The van der Waals surface area contributed by atoms with E-state index >= 15 is 0 Å². The van der Waals surface area contributed by atoms with Crippen molar-refractivity contribution in [3.63, 3.8) is 0 Å². The van der Waals surface area contributed by atoms with E-state index in [2.05, 4.69) is 20.3 Å². The summed E-state index contributed by atoms with van der Waals surface area (Å²) in [6.07, 6.45) is 1.95. The van der Waals surface area contributed by atoms with E-state index in [4.69, 9.17) is 9.15 Å². The van der Waals surface area contributed by atoms with E-state index in [-0.39, 0.29) is 5.56 Å². The van der Waals surface area contributed by atoms with Crippen LogP contribution in [0, 0.1) is 0 Å². The molecule has 0 unspecified atom stereocenters. The minimum atomic E-state index is -0.220. The molecule has 0 amide bonds. The third-order valence-corrected chi connectivity index (χ3v) is 4.07. The van der Waals surface area contributed by atoms with E-state index in [0.29, 0.717) is 28.2 Å². The van der Waals surface area contributed by atoms with E-state index in [0.717, 1.165) is 11.3 Å². The van der Waals surface area contributed by atoms with Crippen LogP contribution in [0.4, 0.5) is 0 Å². The molecule has 0 fully saturated rings. The first-order valence-electron chi connectivity index (χ1n) is 7.17. The molecular weight excluding hydrogens is 330 g/mol. The first-order valence-corrected chi connectivity index (χ1v) is 7.99. The largest absolute Gasteiger partial charge is 0.430 e. The molecule has 0 aliphatic heterocycles. The molecule has 0 saturated heterocycles. The van der Waals surface area contributed by atoms with Crippen LogP contribution in [0.5, 0.6) is 10.9 Å². The molecule has 0 spiro atoms. The van der Waals surface area contributed by atoms with Gasteiger partial charge in [-0.05, 0) is 36.0 Å². The van der Waals surface area contributed by atoms with Gasteiger partial charge >= 0.3 is 0 Å². The number of fused-ring (bicyclic) bond motifs is 1. The van der Waals surface area contributed by atoms with E-state index in [1.165, 1.54) is 28.3 Å². The molecule has 4 rings (SSSR count). The Morgan fingerprint density at radius 3 is 3.04 bits per heavy atom. The zero-order chi connectivity index (χ0) is 16.5. The highest BCUT2D eigenvalue weighted by Gasteiger charge is 2.11. The van der Waals surface area contributed by atoms with Gasteiger partial charge in [0.1, 0.15) is 5.75 Å². The molecule has 0 bridgehead atoms. The molecule has 1 aromatic carbocycles. The van der Waals surface area contributed by atoms with E-state index < -0.39 is 0 Å². The molecule has 9 heteroatoms. The third kappa shape index (κ3) is 2.65. The summed E-state index contributed by atoms with van der Waals surface area (Å²) in [6, 6.07) is 8.65. The lowest BCUT2D eigenvalue weighted by Gasteiger charge is -2.01. The molecule has 0 atom stereocenters. The Morgan fingerprint density at radius 2 is 2.25 bits per heavy atom. The second-order valence-corrected chi connectivity index (χ2v) is 5.79. The van der Waals surface area contributed by atoms with Gasteiger partial charge in [0.25, 0.3) is 10.8 Å². The van der Waals surface area contributed by atoms with Gasteiger partial charge in [0, 0.05) is 17.3 Å². The summed E-state index contributed by atoms with van der Waals surface area (Å²) in [5.74, 6) is 0.948. The van der Waals surface area contributed by atoms with Gasteiger partial charge in [-0.1, -0.05) is 13.0 Å². The summed E-state index contributed by atoms with van der Waals surface area (Å²) in [6.45, 7) is 1.94. The van der Waals surface area contributed by atoms with Crippen LogP contribution >= 0.6 is 11.3 Å². The van der Waals surface area contributed by atoms with Gasteiger partial charge in [0.2, 0.25) is 17.2 Å². The molecule has 4 aromatic rings. The minimum absolute atomic E-state index is 0.220. The Kier molecular flexibility index (Phi) is 3.54. The molecule has 0 aliphatic rings. The highest BCUT2D eigenvalue weighted by Crippen LogP contribution is 2.28. The number of aromatic nitrogens is 5. The van der Waals surface area contributed by atoms with Crippen LogP contribution < -0.4 is 10.3 Å². The fourth-order valence-corrected chi connectivity index (χ4v) is 2.95. The van der Waals surface area contributed by atoms with E-state index in [1.807, 2.05) is 19.1 Å². The van der Waals surface area contributed by atoms with Gasteiger partial charge in [-0.25, -0.2) is 4.98 Å². The topological polar surface area (TPSA) is 95.4 Å². The molecule has 120 valence electrons. The maximum absolute atomic E-state index is 12.0. The lowest BCUT2D eigenvalue weighted by molar-refractivity contribution is 0.469. The van der Waals surface area contributed by atoms with Gasteiger partial charge in [-0.2, -0.15) is 4.52 Å². The lowest BCUT2D eigenvalue weighted by Crippen LogP contribution is -2.14. The maximum Gasteiger partial charge on any atom is 0.299 e. The molecule has 3 aromatic heterocycles. The maximum atomic E-state index is 12.0. The molecule has 24 heavy (non-hydrogen) atoms. The predicted molar refractivity (Wildman–Crippen MR) is 86.3 cm³/mol. The number of hydrogen-bond acceptors (Lipinski definition) is 8. The second-order valence-electron chi connectivity index (χ2n) is 4.88.